The van der Waals surface area contributed by atoms with Crippen molar-refractivity contribution in [3.63, 3.8) is 0 Å². The number of hydrogen-bond acceptors (Lipinski definition) is 2. The van der Waals surface area contributed by atoms with E-state index in [1.54, 1.807) is 0 Å². The van der Waals surface area contributed by atoms with Crippen molar-refractivity contribution in [1.82, 2.24) is 0 Å². The average Bonchev–Trinajstić information content (AvgIpc) is 2.39. The van der Waals surface area contributed by atoms with E-state index in [2.05, 4.69) is 11.8 Å². The fourth-order valence-electron chi connectivity index (χ4n) is 2.68. The lowest BCUT2D eigenvalue weighted by Gasteiger charge is -2.25. The van der Waals surface area contributed by atoms with Gasteiger partial charge in [-0.05, 0) is 43.0 Å². The van der Waals surface area contributed by atoms with Gasteiger partial charge < -0.3 is 4.90 Å². The second-order valence-electron chi connectivity index (χ2n) is 5.76. The lowest BCUT2D eigenvalue weighted by atomic mass is 9.79. The van der Waals surface area contributed by atoms with E-state index in [0.717, 1.165) is 30.0 Å². The van der Waals surface area contributed by atoms with Crippen LogP contribution in [-0.4, -0.2) is 19.9 Å². The molecular formula is C16H23NO. The first-order valence-electron chi connectivity index (χ1n) is 6.89. The number of benzene rings is 1. The molecule has 0 saturated heterocycles. The molecule has 1 aliphatic carbocycles. The van der Waals surface area contributed by atoms with Crippen LogP contribution in [0.1, 0.15) is 43.0 Å². The molecule has 0 radical (unpaired) electrons. The van der Waals surface area contributed by atoms with E-state index in [1.165, 1.54) is 12.8 Å². The predicted octanol–water partition coefficient (Wildman–Crippen LogP) is 3.76. The van der Waals surface area contributed by atoms with E-state index in [1.807, 2.05) is 38.4 Å². The molecule has 1 saturated carbocycles. The summed E-state index contributed by atoms with van der Waals surface area (Å²) >= 11 is 0. The van der Waals surface area contributed by atoms with E-state index in [9.17, 15) is 4.79 Å². The fourth-order valence-corrected chi connectivity index (χ4v) is 2.68. The van der Waals surface area contributed by atoms with E-state index in [-0.39, 0.29) is 5.92 Å². The Hall–Kier alpha value is -1.31. The standard InChI is InChI=1S/C16H23NO/c1-12-4-6-13(7-5-12)16(18)14-8-10-15(11-9-14)17(2)3/h8-13H,4-7H2,1-3H3. The van der Waals surface area contributed by atoms with Crippen molar-refractivity contribution >= 4 is 11.5 Å². The van der Waals surface area contributed by atoms with Crippen molar-refractivity contribution in [3.05, 3.63) is 29.8 Å². The zero-order chi connectivity index (χ0) is 13.1. The third-order valence-corrected chi connectivity index (χ3v) is 4.05. The van der Waals surface area contributed by atoms with Crippen LogP contribution in [0.15, 0.2) is 24.3 Å². The quantitative estimate of drug-likeness (QED) is 0.756. The molecule has 0 aliphatic heterocycles. The molecule has 1 aromatic rings. The molecule has 0 unspecified atom stereocenters. The molecule has 0 atom stereocenters. The van der Waals surface area contributed by atoms with E-state index in [0.29, 0.717) is 5.78 Å². The number of carbonyl (C=O) groups is 1. The number of hydrogen-bond donors (Lipinski definition) is 0. The maximum Gasteiger partial charge on any atom is 0.165 e. The summed E-state index contributed by atoms with van der Waals surface area (Å²) in [6.45, 7) is 2.28. The van der Waals surface area contributed by atoms with Gasteiger partial charge in [-0.2, -0.15) is 0 Å². The van der Waals surface area contributed by atoms with Crippen molar-refractivity contribution in [1.29, 1.82) is 0 Å². The van der Waals surface area contributed by atoms with Crippen LogP contribution in [0.3, 0.4) is 0 Å². The monoisotopic (exact) mass is 245 g/mol. The maximum atomic E-state index is 12.4. The molecule has 1 aromatic carbocycles. The highest BCUT2D eigenvalue weighted by Gasteiger charge is 2.24. The lowest BCUT2D eigenvalue weighted by Crippen LogP contribution is -2.21. The summed E-state index contributed by atoms with van der Waals surface area (Å²) in [4.78, 5) is 14.4. The molecule has 0 aromatic heterocycles. The molecule has 1 aliphatic rings. The highest BCUT2D eigenvalue weighted by molar-refractivity contribution is 5.98. The lowest BCUT2D eigenvalue weighted by molar-refractivity contribution is 0.0875. The minimum absolute atomic E-state index is 0.256. The molecule has 1 fully saturated rings. The number of carbonyl (C=O) groups excluding carboxylic acids is 1. The molecule has 2 heteroatoms. The van der Waals surface area contributed by atoms with Gasteiger partial charge >= 0.3 is 0 Å². The van der Waals surface area contributed by atoms with E-state index < -0.39 is 0 Å². The number of rotatable bonds is 3. The highest BCUT2D eigenvalue weighted by Crippen LogP contribution is 2.30. The maximum absolute atomic E-state index is 12.4. The Balaban J connectivity index is 2.04. The first-order chi connectivity index (χ1) is 8.58. The summed E-state index contributed by atoms with van der Waals surface area (Å²) < 4.78 is 0. The van der Waals surface area contributed by atoms with Crippen LogP contribution >= 0.6 is 0 Å². The largest absolute Gasteiger partial charge is 0.378 e. The van der Waals surface area contributed by atoms with Crippen LogP contribution in [0, 0.1) is 11.8 Å². The second kappa shape index (κ2) is 5.55. The number of Topliss-reactive ketones (excluding diaryl/α,β-unsaturated/α-hetero) is 1. The Morgan fingerprint density at radius 1 is 1.06 bits per heavy atom. The molecule has 0 bridgehead atoms. The van der Waals surface area contributed by atoms with Crippen LogP contribution in [0.2, 0.25) is 0 Å². The zero-order valence-electron chi connectivity index (χ0n) is 11.6. The Morgan fingerprint density at radius 2 is 1.61 bits per heavy atom. The Kier molecular flexibility index (Phi) is 4.05. The molecule has 2 rings (SSSR count). The molecule has 98 valence electrons. The summed E-state index contributed by atoms with van der Waals surface area (Å²) in [5.41, 5.74) is 2.02. The number of anilines is 1. The Bertz CT molecular complexity index is 400. The Labute approximate surface area is 110 Å². The molecule has 0 spiro atoms. The third kappa shape index (κ3) is 2.92. The molecule has 0 amide bonds. The average molecular weight is 245 g/mol. The normalized spacial score (nSPS) is 23.7. The van der Waals surface area contributed by atoms with Crippen LogP contribution in [0.25, 0.3) is 0 Å². The summed E-state index contributed by atoms with van der Waals surface area (Å²) in [7, 11) is 4.03. The van der Waals surface area contributed by atoms with Crippen LogP contribution in [0.4, 0.5) is 5.69 Å². The summed E-state index contributed by atoms with van der Waals surface area (Å²) in [6.07, 6.45) is 4.53. The van der Waals surface area contributed by atoms with Gasteiger partial charge in [-0.3, -0.25) is 4.79 Å². The van der Waals surface area contributed by atoms with Crippen LogP contribution < -0.4 is 4.90 Å². The predicted molar refractivity (Wildman–Crippen MR) is 76.2 cm³/mol. The van der Waals surface area contributed by atoms with Gasteiger partial charge in [-0.25, -0.2) is 0 Å². The first kappa shape index (κ1) is 13.1. The van der Waals surface area contributed by atoms with Gasteiger partial charge in [0.05, 0.1) is 0 Å². The molecular weight excluding hydrogens is 222 g/mol. The van der Waals surface area contributed by atoms with Gasteiger partial charge in [0.25, 0.3) is 0 Å². The van der Waals surface area contributed by atoms with Gasteiger partial charge in [0.2, 0.25) is 0 Å². The van der Waals surface area contributed by atoms with E-state index >= 15 is 0 Å². The number of nitrogens with zero attached hydrogens (tertiary/aromatic N) is 1. The SMILES string of the molecule is CC1CCC(C(=O)c2ccc(N(C)C)cc2)CC1. The number of ketones is 1. The van der Waals surface area contributed by atoms with Gasteiger partial charge in [0.1, 0.15) is 0 Å². The molecule has 0 heterocycles. The summed E-state index contributed by atoms with van der Waals surface area (Å²) in [6, 6.07) is 7.99. The van der Waals surface area contributed by atoms with Crippen molar-refractivity contribution in [3.8, 4) is 0 Å². The third-order valence-electron chi connectivity index (χ3n) is 4.05. The second-order valence-corrected chi connectivity index (χ2v) is 5.76. The minimum Gasteiger partial charge on any atom is -0.378 e. The van der Waals surface area contributed by atoms with Crippen molar-refractivity contribution in [2.24, 2.45) is 11.8 Å². The van der Waals surface area contributed by atoms with Crippen molar-refractivity contribution in [2.75, 3.05) is 19.0 Å². The van der Waals surface area contributed by atoms with Gasteiger partial charge in [-0.15, -0.1) is 0 Å². The highest BCUT2D eigenvalue weighted by atomic mass is 16.1. The van der Waals surface area contributed by atoms with E-state index in [4.69, 9.17) is 0 Å². The van der Waals surface area contributed by atoms with Crippen molar-refractivity contribution in [2.45, 2.75) is 32.6 Å². The zero-order valence-corrected chi connectivity index (χ0v) is 11.6. The molecule has 2 nitrogen and oxygen atoms in total. The molecule has 18 heavy (non-hydrogen) atoms. The van der Waals surface area contributed by atoms with Gasteiger partial charge in [-0.1, -0.05) is 19.8 Å². The smallest absolute Gasteiger partial charge is 0.165 e. The Morgan fingerprint density at radius 3 is 2.11 bits per heavy atom. The summed E-state index contributed by atoms with van der Waals surface area (Å²) in [5, 5.41) is 0. The fraction of sp³-hybridized carbons (Fsp3) is 0.562. The van der Waals surface area contributed by atoms with Crippen LogP contribution in [0.5, 0.6) is 0 Å². The minimum atomic E-state index is 0.256. The first-order valence-corrected chi connectivity index (χ1v) is 6.89. The molecule has 0 N–H and O–H groups in total. The topological polar surface area (TPSA) is 20.3 Å². The van der Waals surface area contributed by atoms with Gasteiger partial charge in [0.15, 0.2) is 5.78 Å². The van der Waals surface area contributed by atoms with Crippen LogP contribution in [-0.2, 0) is 0 Å². The van der Waals surface area contributed by atoms with Crippen molar-refractivity contribution < 1.29 is 4.79 Å². The van der Waals surface area contributed by atoms with Gasteiger partial charge in [0, 0.05) is 31.3 Å². The summed E-state index contributed by atoms with van der Waals surface area (Å²) in [5.74, 6) is 1.39.